The van der Waals surface area contributed by atoms with Gasteiger partial charge in [0.05, 0.1) is 0 Å². The van der Waals surface area contributed by atoms with Crippen LogP contribution in [0.25, 0.3) is 0 Å². The molecule has 0 fully saturated rings. The largest absolute Gasteiger partial charge is 0.478 e. The highest BCUT2D eigenvalue weighted by molar-refractivity contribution is 5.76. The lowest BCUT2D eigenvalue weighted by Crippen LogP contribution is -2.64. The van der Waals surface area contributed by atoms with Gasteiger partial charge in [-0.3, -0.25) is 17.2 Å². The van der Waals surface area contributed by atoms with Crippen LogP contribution in [-0.2, 0) is 4.79 Å². The van der Waals surface area contributed by atoms with Gasteiger partial charge in [0.25, 0.3) is 0 Å². The van der Waals surface area contributed by atoms with Crippen LogP contribution in [0.3, 0.4) is 0 Å². The van der Waals surface area contributed by atoms with E-state index in [2.05, 4.69) is 17.2 Å². The topological polar surface area (TPSA) is 115 Å². The summed E-state index contributed by atoms with van der Waals surface area (Å²) in [4.78, 5) is 9.65. The summed E-state index contributed by atoms with van der Waals surface area (Å²) in [5.41, 5.74) is 13.9. The molecule has 5 nitrogen and oxygen atoms in total. The van der Waals surface area contributed by atoms with Crippen LogP contribution in [0.4, 0.5) is 0 Å². The molecule has 0 heterocycles. The lowest BCUT2D eigenvalue weighted by atomic mass is 10.4. The smallest absolute Gasteiger partial charge is 0.354 e. The molecule has 0 aliphatic heterocycles. The number of aliphatic carboxylic acids is 1. The van der Waals surface area contributed by atoms with E-state index >= 15 is 0 Å². The molecule has 0 saturated carbocycles. The van der Waals surface area contributed by atoms with Crippen molar-refractivity contribution in [1.29, 1.82) is 0 Å². The van der Waals surface area contributed by atoms with Gasteiger partial charge < -0.3 is 5.11 Å². The molecule has 0 aliphatic rings. The van der Waals surface area contributed by atoms with E-state index in [-0.39, 0.29) is 0 Å². The molecular formula is C2H7N3O2. The minimum absolute atomic E-state index is 1.42. The zero-order valence-corrected chi connectivity index (χ0v) is 3.59. The number of rotatable bonds is 1. The highest BCUT2D eigenvalue weighted by Crippen LogP contribution is 1.71. The predicted molar refractivity (Wildman–Crippen MR) is 22.9 cm³/mol. The van der Waals surface area contributed by atoms with Gasteiger partial charge in [-0.05, 0) is 0 Å². The lowest BCUT2D eigenvalue weighted by Gasteiger charge is -2.09. The fourth-order valence-corrected chi connectivity index (χ4v) is 0. The average molecular weight is 105 g/mol. The van der Waals surface area contributed by atoms with Crippen LogP contribution in [0.1, 0.15) is 0 Å². The quantitative estimate of drug-likeness (QED) is 0.277. The molecule has 0 unspecified atom stereocenters. The third-order valence-corrected chi connectivity index (χ3v) is 0.370. The predicted octanol–water partition coefficient (Wildman–Crippen LogP) is -2.40. The van der Waals surface area contributed by atoms with Crippen molar-refractivity contribution in [3.63, 3.8) is 0 Å². The second-order valence-corrected chi connectivity index (χ2v) is 1.24. The third-order valence-electron chi connectivity index (χ3n) is 0.370. The average Bonchev–Trinajstić information content (AvgIpc) is 1.31. The Balaban J connectivity index is 3.79. The minimum atomic E-state index is -2.08. The summed E-state index contributed by atoms with van der Waals surface area (Å²) in [7, 11) is 0. The van der Waals surface area contributed by atoms with Crippen LogP contribution in [0.5, 0.6) is 0 Å². The lowest BCUT2D eigenvalue weighted by molar-refractivity contribution is -0.142. The molecule has 5 heteroatoms. The van der Waals surface area contributed by atoms with Gasteiger partial charge >= 0.3 is 5.97 Å². The summed E-state index contributed by atoms with van der Waals surface area (Å²) in [5.74, 6) is -3.51. The van der Waals surface area contributed by atoms with Crippen LogP contribution in [-0.4, -0.2) is 16.9 Å². The molecule has 42 valence electrons. The van der Waals surface area contributed by atoms with Gasteiger partial charge in [-0.2, -0.15) is 0 Å². The molecule has 7 heavy (non-hydrogen) atoms. The fraction of sp³-hybridized carbons (Fsp3) is 0.500. The van der Waals surface area contributed by atoms with E-state index in [4.69, 9.17) is 5.11 Å². The summed E-state index contributed by atoms with van der Waals surface area (Å²) in [5, 5.41) is 7.88. The molecule has 0 spiro atoms. The molecule has 0 aromatic heterocycles. The van der Waals surface area contributed by atoms with E-state index in [9.17, 15) is 4.79 Å². The van der Waals surface area contributed by atoms with Crippen LogP contribution in [0, 0.1) is 0 Å². The van der Waals surface area contributed by atoms with E-state index in [0.717, 1.165) is 0 Å². The van der Waals surface area contributed by atoms with Crippen molar-refractivity contribution in [2.45, 2.75) is 5.79 Å². The summed E-state index contributed by atoms with van der Waals surface area (Å²) >= 11 is 0. The monoisotopic (exact) mass is 105 g/mol. The normalized spacial score (nSPS) is 11.3. The Morgan fingerprint density at radius 1 is 1.43 bits per heavy atom. The molecule has 0 radical (unpaired) electrons. The minimum Gasteiger partial charge on any atom is -0.478 e. The van der Waals surface area contributed by atoms with E-state index in [1.165, 1.54) is 0 Å². The van der Waals surface area contributed by atoms with Crippen molar-refractivity contribution in [3.8, 4) is 0 Å². The van der Waals surface area contributed by atoms with Gasteiger partial charge in [0.2, 0.25) is 5.79 Å². The molecule has 0 rings (SSSR count). The Hall–Kier alpha value is -0.650. The first kappa shape index (κ1) is 6.35. The van der Waals surface area contributed by atoms with Gasteiger partial charge in [0.1, 0.15) is 0 Å². The first-order chi connectivity index (χ1) is 2.94. The van der Waals surface area contributed by atoms with E-state index in [0.29, 0.717) is 0 Å². The summed E-state index contributed by atoms with van der Waals surface area (Å²) in [6, 6.07) is 0. The second kappa shape index (κ2) is 1.45. The number of carbonyl (C=O) groups is 1. The van der Waals surface area contributed by atoms with Crippen LogP contribution in [0.15, 0.2) is 0 Å². The van der Waals surface area contributed by atoms with E-state index in [1.807, 2.05) is 0 Å². The van der Waals surface area contributed by atoms with Crippen molar-refractivity contribution < 1.29 is 9.90 Å². The maximum absolute atomic E-state index is 9.65. The van der Waals surface area contributed by atoms with Crippen LogP contribution in [0.2, 0.25) is 0 Å². The standard InChI is InChI=1S/C2H7N3O2/c3-2(4,5)1(6)7/h3-5H2,(H,6,7). The second-order valence-electron chi connectivity index (χ2n) is 1.24. The van der Waals surface area contributed by atoms with Gasteiger partial charge in [0, 0.05) is 0 Å². The number of carboxylic acid groups (broad SMARTS) is 1. The summed E-state index contributed by atoms with van der Waals surface area (Å²) in [6.45, 7) is 0. The van der Waals surface area contributed by atoms with Crippen LogP contribution >= 0.6 is 0 Å². The Bertz CT molecular complexity index is 83.4. The fourth-order valence-electron chi connectivity index (χ4n) is 0. The molecule has 0 atom stereocenters. The van der Waals surface area contributed by atoms with Gasteiger partial charge in [-0.15, -0.1) is 0 Å². The molecule has 0 saturated heterocycles. The number of nitrogens with two attached hydrogens (primary N) is 3. The Kier molecular flexibility index (Phi) is 1.32. The maximum atomic E-state index is 9.65. The molecule has 0 aliphatic carbocycles. The van der Waals surface area contributed by atoms with Gasteiger partial charge in [-0.25, -0.2) is 4.79 Å². The molecule has 0 aromatic rings. The zero-order valence-electron chi connectivity index (χ0n) is 3.59. The highest BCUT2D eigenvalue weighted by atomic mass is 16.4. The third kappa shape index (κ3) is 2.10. The first-order valence-electron chi connectivity index (χ1n) is 1.54. The Labute approximate surface area is 40.1 Å². The molecule has 7 N–H and O–H groups in total. The molecular weight excluding hydrogens is 98.0 g/mol. The van der Waals surface area contributed by atoms with Gasteiger partial charge in [-0.1, -0.05) is 0 Å². The van der Waals surface area contributed by atoms with Crippen molar-refractivity contribution in [1.82, 2.24) is 0 Å². The Morgan fingerprint density at radius 2 is 1.57 bits per heavy atom. The summed E-state index contributed by atoms with van der Waals surface area (Å²) in [6.07, 6.45) is 0. The van der Waals surface area contributed by atoms with E-state index < -0.39 is 11.8 Å². The maximum Gasteiger partial charge on any atom is 0.354 e. The molecule has 0 amide bonds. The van der Waals surface area contributed by atoms with Crippen molar-refractivity contribution in [2.24, 2.45) is 17.2 Å². The van der Waals surface area contributed by atoms with Crippen molar-refractivity contribution >= 4 is 5.97 Å². The van der Waals surface area contributed by atoms with E-state index in [1.54, 1.807) is 0 Å². The zero-order chi connectivity index (χ0) is 6.08. The Morgan fingerprint density at radius 3 is 1.57 bits per heavy atom. The highest BCUT2D eigenvalue weighted by Gasteiger charge is 2.21. The summed E-state index contributed by atoms with van der Waals surface area (Å²) < 4.78 is 0. The first-order valence-corrected chi connectivity index (χ1v) is 1.54. The number of hydrogen-bond acceptors (Lipinski definition) is 4. The number of carboxylic acids is 1. The SMILES string of the molecule is NC(N)(N)C(=O)O. The molecule has 0 aromatic carbocycles. The van der Waals surface area contributed by atoms with Crippen molar-refractivity contribution in [2.75, 3.05) is 0 Å². The van der Waals surface area contributed by atoms with Crippen LogP contribution < -0.4 is 17.2 Å². The van der Waals surface area contributed by atoms with Gasteiger partial charge in [0.15, 0.2) is 0 Å². The number of hydrogen-bond donors (Lipinski definition) is 4. The molecule has 0 bridgehead atoms. The van der Waals surface area contributed by atoms with Crippen molar-refractivity contribution in [3.05, 3.63) is 0 Å².